The highest BCUT2D eigenvalue weighted by Crippen LogP contribution is 2.35. The van der Waals surface area contributed by atoms with Crippen molar-refractivity contribution < 1.29 is 9.53 Å². The largest absolute Gasteiger partial charge is 0.497 e. The van der Waals surface area contributed by atoms with Gasteiger partial charge in [0.1, 0.15) is 11.6 Å². The van der Waals surface area contributed by atoms with E-state index in [9.17, 15) is 4.79 Å². The molecule has 0 aliphatic heterocycles. The maximum absolute atomic E-state index is 13.0. The molecule has 0 bridgehead atoms. The second-order valence-corrected chi connectivity index (χ2v) is 9.33. The Hall–Kier alpha value is -2.80. The maximum Gasteiger partial charge on any atom is 0.233 e. The van der Waals surface area contributed by atoms with Gasteiger partial charge in [-0.25, -0.2) is 0 Å². The zero-order valence-corrected chi connectivity index (χ0v) is 20.3. The Morgan fingerprint density at radius 2 is 1.79 bits per heavy atom. The third kappa shape index (κ3) is 5.77. The maximum atomic E-state index is 13.0. The Labute approximate surface area is 200 Å². The van der Waals surface area contributed by atoms with Crippen molar-refractivity contribution in [1.82, 2.24) is 19.7 Å². The minimum atomic E-state index is 0.106. The molecule has 1 aliphatic carbocycles. The zero-order valence-electron chi connectivity index (χ0n) is 19.4. The molecule has 33 heavy (non-hydrogen) atoms. The molecule has 0 N–H and O–H groups in total. The van der Waals surface area contributed by atoms with Crippen molar-refractivity contribution in [2.75, 3.05) is 19.4 Å². The third-order valence-corrected chi connectivity index (χ3v) is 7.15. The van der Waals surface area contributed by atoms with Crippen molar-refractivity contribution in [2.45, 2.75) is 56.6 Å². The van der Waals surface area contributed by atoms with Gasteiger partial charge in [-0.3, -0.25) is 9.36 Å². The molecule has 1 amide bonds. The first-order valence-electron chi connectivity index (χ1n) is 11.7. The summed E-state index contributed by atoms with van der Waals surface area (Å²) in [4.78, 5) is 14.9. The number of carbonyl (C=O) groups excluding carboxylic acids is 1. The van der Waals surface area contributed by atoms with Crippen LogP contribution in [-0.2, 0) is 11.3 Å². The van der Waals surface area contributed by atoms with E-state index in [1.807, 2.05) is 54.3 Å². The zero-order chi connectivity index (χ0) is 23.0. The second kappa shape index (κ2) is 11.4. The van der Waals surface area contributed by atoms with Gasteiger partial charge >= 0.3 is 0 Å². The number of ether oxygens (including phenoxy) is 1. The first-order valence-corrected chi connectivity index (χ1v) is 12.7. The average Bonchev–Trinajstić information content (AvgIpc) is 3.31. The van der Waals surface area contributed by atoms with E-state index >= 15 is 0 Å². The molecule has 0 spiro atoms. The SMILES string of the molecule is CCN(Cc1ccccc1)C(=O)CSc1nnc(C2CCCCC2)n1-c1ccc(OC)cc1. The van der Waals surface area contributed by atoms with Gasteiger partial charge in [0.2, 0.25) is 5.91 Å². The van der Waals surface area contributed by atoms with Crippen LogP contribution in [0.2, 0.25) is 0 Å². The van der Waals surface area contributed by atoms with E-state index in [4.69, 9.17) is 4.74 Å². The molecule has 1 heterocycles. The highest BCUT2D eigenvalue weighted by atomic mass is 32.2. The van der Waals surface area contributed by atoms with Gasteiger partial charge in [0, 0.05) is 24.7 Å². The van der Waals surface area contributed by atoms with E-state index in [1.165, 1.54) is 31.0 Å². The highest BCUT2D eigenvalue weighted by Gasteiger charge is 2.25. The third-order valence-electron chi connectivity index (χ3n) is 6.23. The van der Waals surface area contributed by atoms with Crippen molar-refractivity contribution in [2.24, 2.45) is 0 Å². The number of rotatable bonds is 9. The molecular formula is C26H32N4O2S. The van der Waals surface area contributed by atoms with E-state index in [0.717, 1.165) is 40.8 Å². The van der Waals surface area contributed by atoms with Crippen LogP contribution in [0.4, 0.5) is 0 Å². The predicted molar refractivity (Wildman–Crippen MR) is 132 cm³/mol. The van der Waals surface area contributed by atoms with E-state index < -0.39 is 0 Å². The molecular weight excluding hydrogens is 432 g/mol. The first-order chi connectivity index (χ1) is 16.2. The summed E-state index contributed by atoms with van der Waals surface area (Å²) < 4.78 is 7.47. The van der Waals surface area contributed by atoms with Gasteiger partial charge in [-0.2, -0.15) is 0 Å². The van der Waals surface area contributed by atoms with Gasteiger partial charge in [0.25, 0.3) is 0 Å². The summed E-state index contributed by atoms with van der Waals surface area (Å²) in [6.07, 6.45) is 6.02. The van der Waals surface area contributed by atoms with Crippen LogP contribution in [0.5, 0.6) is 5.75 Å². The molecule has 174 valence electrons. The lowest BCUT2D eigenvalue weighted by molar-refractivity contribution is -0.128. The smallest absolute Gasteiger partial charge is 0.233 e. The summed E-state index contributed by atoms with van der Waals surface area (Å²) in [5.74, 6) is 2.67. The van der Waals surface area contributed by atoms with Crippen molar-refractivity contribution in [3.63, 3.8) is 0 Å². The van der Waals surface area contributed by atoms with Crippen LogP contribution in [0.1, 0.15) is 56.3 Å². The number of carbonyl (C=O) groups is 1. The standard InChI is InChI=1S/C26H32N4O2S/c1-3-29(18-20-10-6-4-7-11-20)24(31)19-33-26-28-27-25(21-12-8-5-9-13-21)30(26)22-14-16-23(32-2)17-15-22/h4,6-7,10-11,14-17,21H,3,5,8-9,12-13,18-19H2,1-2H3. The van der Waals surface area contributed by atoms with Gasteiger partial charge in [0.15, 0.2) is 5.16 Å². The Morgan fingerprint density at radius 3 is 2.45 bits per heavy atom. The summed E-state index contributed by atoms with van der Waals surface area (Å²) in [5.41, 5.74) is 2.15. The number of methoxy groups -OCH3 is 1. The number of amides is 1. The molecule has 4 rings (SSSR count). The monoisotopic (exact) mass is 464 g/mol. The van der Waals surface area contributed by atoms with Crippen LogP contribution in [0.15, 0.2) is 59.8 Å². The summed E-state index contributed by atoms with van der Waals surface area (Å²) in [7, 11) is 1.67. The molecule has 1 aromatic heterocycles. The van der Waals surface area contributed by atoms with Gasteiger partial charge in [-0.1, -0.05) is 61.4 Å². The number of thioether (sulfide) groups is 1. The first kappa shape index (κ1) is 23.4. The molecule has 2 aromatic carbocycles. The summed E-state index contributed by atoms with van der Waals surface area (Å²) in [5, 5.41) is 9.90. The van der Waals surface area contributed by atoms with Crippen molar-refractivity contribution in [1.29, 1.82) is 0 Å². The molecule has 6 nitrogen and oxygen atoms in total. The fraction of sp³-hybridized carbons (Fsp3) is 0.423. The molecule has 1 saturated carbocycles. The van der Waals surface area contributed by atoms with Gasteiger partial charge in [0.05, 0.1) is 12.9 Å². The van der Waals surface area contributed by atoms with E-state index in [0.29, 0.717) is 24.8 Å². The van der Waals surface area contributed by atoms with Crippen LogP contribution < -0.4 is 4.74 Å². The molecule has 0 saturated heterocycles. The second-order valence-electron chi connectivity index (χ2n) is 8.39. The van der Waals surface area contributed by atoms with Crippen LogP contribution in [0.25, 0.3) is 5.69 Å². The number of benzene rings is 2. The topological polar surface area (TPSA) is 60.2 Å². The van der Waals surface area contributed by atoms with Gasteiger partial charge in [-0.15, -0.1) is 10.2 Å². The van der Waals surface area contributed by atoms with Crippen LogP contribution in [0.3, 0.4) is 0 Å². The van der Waals surface area contributed by atoms with E-state index in [2.05, 4.69) is 26.9 Å². The van der Waals surface area contributed by atoms with Crippen molar-refractivity contribution >= 4 is 17.7 Å². The minimum Gasteiger partial charge on any atom is -0.497 e. The summed E-state index contributed by atoms with van der Waals surface area (Å²) >= 11 is 1.47. The molecule has 1 aliphatic rings. The number of nitrogens with zero attached hydrogens (tertiary/aromatic N) is 4. The molecule has 7 heteroatoms. The molecule has 0 radical (unpaired) electrons. The highest BCUT2D eigenvalue weighted by molar-refractivity contribution is 7.99. The fourth-order valence-corrected chi connectivity index (χ4v) is 5.23. The van der Waals surface area contributed by atoms with E-state index in [1.54, 1.807) is 7.11 Å². The molecule has 3 aromatic rings. The van der Waals surface area contributed by atoms with Crippen molar-refractivity contribution in [3.05, 3.63) is 66.0 Å². The summed E-state index contributed by atoms with van der Waals surface area (Å²) in [6, 6.07) is 18.1. The van der Waals surface area contributed by atoms with Crippen LogP contribution >= 0.6 is 11.8 Å². The van der Waals surface area contributed by atoms with Crippen LogP contribution in [-0.4, -0.2) is 45.0 Å². The Morgan fingerprint density at radius 1 is 1.06 bits per heavy atom. The summed E-state index contributed by atoms with van der Waals surface area (Å²) in [6.45, 7) is 3.31. The normalized spacial score (nSPS) is 14.2. The lowest BCUT2D eigenvalue weighted by atomic mass is 9.88. The lowest BCUT2D eigenvalue weighted by Gasteiger charge is -2.22. The van der Waals surface area contributed by atoms with Crippen LogP contribution in [0, 0.1) is 0 Å². The quantitative estimate of drug-likeness (QED) is 0.393. The van der Waals surface area contributed by atoms with Gasteiger partial charge < -0.3 is 9.64 Å². The minimum absolute atomic E-state index is 0.106. The molecule has 0 unspecified atom stereocenters. The van der Waals surface area contributed by atoms with Crippen molar-refractivity contribution in [3.8, 4) is 11.4 Å². The van der Waals surface area contributed by atoms with Gasteiger partial charge in [-0.05, 0) is 49.6 Å². The predicted octanol–water partition coefficient (Wildman–Crippen LogP) is 5.46. The fourth-order valence-electron chi connectivity index (χ4n) is 4.37. The number of hydrogen-bond donors (Lipinski definition) is 0. The molecule has 0 atom stereocenters. The number of aromatic nitrogens is 3. The Kier molecular flexibility index (Phi) is 8.05. The Bertz CT molecular complexity index is 1030. The number of hydrogen-bond acceptors (Lipinski definition) is 5. The molecule has 1 fully saturated rings. The van der Waals surface area contributed by atoms with E-state index in [-0.39, 0.29) is 5.91 Å². The Balaban J connectivity index is 1.53. The average molecular weight is 465 g/mol. The lowest BCUT2D eigenvalue weighted by Crippen LogP contribution is -2.31.